The molecule has 0 spiro atoms. The molecular formula is C65H82ClN8O6+. The number of aromatic amines is 2. The number of carbonyl (C=O) groups excluding carboxylic acids is 3. The molecule has 424 valence electrons. The molecule has 4 bridgehead atoms. The number of esters is 3. The fraction of sp³-hybridized carbons (Fsp3) is 0.369. The zero-order valence-corrected chi connectivity index (χ0v) is 44.7. The Morgan fingerprint density at radius 1 is 0.600 bits per heavy atom. The van der Waals surface area contributed by atoms with Crippen molar-refractivity contribution in [1.29, 1.82) is 0 Å². The van der Waals surface area contributed by atoms with E-state index in [4.69, 9.17) is 26.1 Å². The molecule has 6 aromatic carbocycles. The molecule has 2 aromatic heterocycles. The van der Waals surface area contributed by atoms with Gasteiger partial charge in [0.1, 0.15) is 25.0 Å². The van der Waals surface area contributed by atoms with Crippen LogP contribution in [0.2, 0.25) is 0 Å². The van der Waals surface area contributed by atoms with Gasteiger partial charge in [-0.15, -0.1) is 11.6 Å². The van der Waals surface area contributed by atoms with Crippen molar-refractivity contribution in [2.24, 2.45) is 11.8 Å². The van der Waals surface area contributed by atoms with Crippen molar-refractivity contribution in [2.75, 3.05) is 56.5 Å². The third-order valence-electron chi connectivity index (χ3n) is 14.9. The molecule has 14 rings (SSSR count). The first kappa shape index (κ1) is 61.7. The number of alkyl halides is 1. The number of fused-ring (bicyclic) bond motifs is 8. The van der Waals surface area contributed by atoms with Gasteiger partial charge in [0, 0.05) is 43.6 Å². The van der Waals surface area contributed by atoms with Gasteiger partial charge < -0.3 is 39.3 Å². The lowest BCUT2D eigenvalue weighted by molar-refractivity contribution is -0.958. The summed E-state index contributed by atoms with van der Waals surface area (Å²) in [6.07, 6.45) is 4.40. The highest BCUT2D eigenvalue weighted by molar-refractivity contribution is 6.16. The number of quaternary nitrogens is 1. The van der Waals surface area contributed by atoms with E-state index in [-0.39, 0.29) is 52.4 Å². The number of carbonyl (C=O) groups is 3. The highest BCUT2D eigenvalue weighted by atomic mass is 35.5. The summed E-state index contributed by atoms with van der Waals surface area (Å²) in [5, 5.41) is 6.74. The Labute approximate surface area is 478 Å². The summed E-state index contributed by atoms with van der Waals surface area (Å²) in [4.78, 5) is 54.4. The van der Waals surface area contributed by atoms with Crippen molar-refractivity contribution in [3.8, 4) is 0 Å². The zero-order chi connectivity index (χ0) is 53.4. The van der Waals surface area contributed by atoms with E-state index in [1.54, 1.807) is 6.92 Å². The lowest BCUT2D eigenvalue weighted by Gasteiger charge is -2.51. The summed E-state index contributed by atoms with van der Waals surface area (Å²) >= 11 is 5.60. The average Bonchev–Trinajstić information content (AvgIpc) is 4.09. The number of benzene rings is 6. The van der Waals surface area contributed by atoms with Crippen LogP contribution in [0.3, 0.4) is 0 Å². The van der Waals surface area contributed by atoms with Crippen LogP contribution in [0.15, 0.2) is 170 Å². The van der Waals surface area contributed by atoms with E-state index in [9.17, 15) is 14.4 Å². The summed E-state index contributed by atoms with van der Waals surface area (Å²) in [5.41, 5.74) is 7.77. The molecule has 8 heterocycles. The number of anilines is 2. The number of halogens is 1. The van der Waals surface area contributed by atoms with Crippen molar-refractivity contribution in [2.45, 2.75) is 98.5 Å². The summed E-state index contributed by atoms with van der Waals surface area (Å²) in [5.74, 6) is 2.63. The fourth-order valence-corrected chi connectivity index (χ4v) is 11.1. The standard InChI is InChI=1S/C29H31N4O2.C21H24N2O2.C8H7ClN2.C4H8O2.3CH4/c34-29(28(22-9-3-1-4-10-22)30-23-11-5-2-6-12-23)35-26-19-33(17-15-21(26)16-18-33)20-27-31-24-13-7-8-14-25(24)32-27;24-21(25-19-15-23-13-11-16(19)12-14-23)20(17-7-3-1-4-8-17)22-18-9-5-2-6-10-18;9-5-8-10-6-3-1-2-4-7(6)11-8;1-3-6-4(2)5;;;/h1-14,21,26,28,30H,15-20H2,(H,31,32);1-10,16,19-20,22H,11-15H2;1-4H,5H2,(H,10,11);3H2,1-2H3;3*1H4/q+1;;;;;;/t21?,26-,28+,33?;19-,20+;;;;;/m00...../s1. The van der Waals surface area contributed by atoms with Crippen molar-refractivity contribution < 1.29 is 33.1 Å². The molecule has 6 fully saturated rings. The molecule has 0 saturated carbocycles. The average molecular weight is 1110 g/mol. The third-order valence-corrected chi connectivity index (χ3v) is 15.2. The van der Waals surface area contributed by atoms with Gasteiger partial charge in [0.2, 0.25) is 0 Å². The number of hydrogen-bond donors (Lipinski definition) is 4. The minimum Gasteiger partial charge on any atom is -0.466 e. The predicted octanol–water partition coefficient (Wildman–Crippen LogP) is 13.3. The highest BCUT2D eigenvalue weighted by Crippen LogP contribution is 2.38. The van der Waals surface area contributed by atoms with Crippen LogP contribution < -0.4 is 10.6 Å². The van der Waals surface area contributed by atoms with E-state index in [2.05, 4.69) is 41.3 Å². The molecular weight excluding hydrogens is 1020 g/mol. The molecule has 4 atom stereocenters. The predicted molar refractivity (Wildman–Crippen MR) is 323 cm³/mol. The van der Waals surface area contributed by atoms with Crippen LogP contribution in [0.5, 0.6) is 0 Å². The Morgan fingerprint density at radius 2 is 1.02 bits per heavy atom. The lowest BCUT2D eigenvalue weighted by Crippen LogP contribution is -2.64. The van der Waals surface area contributed by atoms with Gasteiger partial charge in [0.25, 0.3) is 0 Å². The fourth-order valence-electron chi connectivity index (χ4n) is 11.0. The molecule has 14 nitrogen and oxygen atoms in total. The Kier molecular flexibility index (Phi) is 23.3. The van der Waals surface area contributed by atoms with Gasteiger partial charge in [-0.1, -0.05) is 144 Å². The number of piperidine rings is 6. The summed E-state index contributed by atoms with van der Waals surface area (Å²) in [6, 6.07) is 54.4. The molecule has 6 aliphatic heterocycles. The first-order valence-corrected chi connectivity index (χ1v) is 27.5. The maximum Gasteiger partial charge on any atom is 0.333 e. The van der Waals surface area contributed by atoms with Crippen molar-refractivity contribution in [3.63, 3.8) is 0 Å². The van der Waals surface area contributed by atoms with Crippen LogP contribution in [-0.2, 0) is 41.0 Å². The molecule has 0 radical (unpaired) electrons. The van der Waals surface area contributed by atoms with Gasteiger partial charge in [-0.25, -0.2) is 19.6 Å². The van der Waals surface area contributed by atoms with Crippen molar-refractivity contribution in [1.82, 2.24) is 24.8 Å². The number of aromatic nitrogens is 4. The van der Waals surface area contributed by atoms with E-state index in [0.717, 1.165) is 132 Å². The number of rotatable bonds is 14. The molecule has 8 aromatic rings. The topological polar surface area (TPSA) is 164 Å². The zero-order valence-electron chi connectivity index (χ0n) is 43.9. The number of nitrogens with zero attached hydrogens (tertiary/aromatic N) is 4. The lowest BCUT2D eigenvalue weighted by atomic mass is 9.83. The largest absolute Gasteiger partial charge is 0.466 e. The van der Waals surface area contributed by atoms with E-state index in [1.165, 1.54) is 6.92 Å². The highest BCUT2D eigenvalue weighted by Gasteiger charge is 2.48. The van der Waals surface area contributed by atoms with Crippen molar-refractivity contribution in [3.05, 3.63) is 193 Å². The second-order valence-electron chi connectivity index (χ2n) is 20.2. The van der Waals surface area contributed by atoms with E-state index < -0.39 is 12.1 Å². The first-order chi connectivity index (χ1) is 37.6. The Hall–Kier alpha value is -7.52. The Morgan fingerprint density at radius 3 is 1.45 bits per heavy atom. The third kappa shape index (κ3) is 16.5. The minimum atomic E-state index is -0.544. The normalized spacial score (nSPS) is 20.8. The molecule has 6 aliphatic rings. The molecule has 6 saturated heterocycles. The van der Waals surface area contributed by atoms with Gasteiger partial charge in [-0.05, 0) is 98.4 Å². The molecule has 0 aliphatic carbocycles. The maximum absolute atomic E-state index is 13.6. The van der Waals surface area contributed by atoms with Crippen molar-refractivity contribution >= 4 is 63.0 Å². The number of H-pyrrole nitrogens is 2. The second kappa shape index (κ2) is 30.2. The molecule has 4 N–H and O–H groups in total. The van der Waals surface area contributed by atoms with Gasteiger partial charge >= 0.3 is 17.9 Å². The van der Waals surface area contributed by atoms with Crippen LogP contribution in [0.4, 0.5) is 11.4 Å². The number of ether oxygens (including phenoxy) is 3. The van der Waals surface area contributed by atoms with Crippen LogP contribution in [0.25, 0.3) is 22.1 Å². The van der Waals surface area contributed by atoms with Crippen LogP contribution >= 0.6 is 11.6 Å². The Balaban J connectivity index is 0.000000199. The molecule has 15 heteroatoms. The molecule has 0 amide bonds. The quantitative estimate of drug-likeness (QED) is 0.0355. The van der Waals surface area contributed by atoms with Gasteiger partial charge in [-0.2, -0.15) is 0 Å². The van der Waals surface area contributed by atoms with E-state index in [0.29, 0.717) is 24.3 Å². The second-order valence-corrected chi connectivity index (χ2v) is 20.5. The summed E-state index contributed by atoms with van der Waals surface area (Å²) in [7, 11) is 0. The smallest absolute Gasteiger partial charge is 0.333 e. The number of imidazole rings is 2. The van der Waals surface area contributed by atoms with E-state index >= 15 is 0 Å². The number of hydrogen-bond acceptors (Lipinski definition) is 11. The maximum atomic E-state index is 13.6. The van der Waals surface area contributed by atoms with E-state index in [1.807, 2.05) is 164 Å². The number of para-hydroxylation sites is 6. The van der Waals surface area contributed by atoms with Gasteiger partial charge in [-0.3, -0.25) is 9.69 Å². The molecule has 80 heavy (non-hydrogen) atoms. The van der Waals surface area contributed by atoms with Crippen LogP contribution in [0, 0.1) is 11.8 Å². The monoisotopic (exact) mass is 1110 g/mol. The van der Waals surface area contributed by atoms with Gasteiger partial charge in [0.15, 0.2) is 24.0 Å². The summed E-state index contributed by atoms with van der Waals surface area (Å²) < 4.78 is 17.6. The van der Waals surface area contributed by atoms with Gasteiger partial charge in [0.05, 0.1) is 47.6 Å². The number of nitrogens with one attached hydrogen (secondary N) is 4. The SMILES string of the molecule is C.C.C.CCOC(C)=O.ClCc1nc2ccccc2[nH]1.O=C(O[C@H]1CN2CCC1CC2)[C@H](Nc1ccccc1)c1ccccc1.O=C(O[C@H]1C[N+]2(Cc3nc4ccccc4[nH]3)CCC1CC2)[C@H](Nc1ccccc1)c1ccccc1. The first-order valence-electron chi connectivity index (χ1n) is 26.9. The van der Waals surface area contributed by atoms with Crippen LogP contribution in [0.1, 0.15) is 96.7 Å². The molecule has 0 unspecified atom stereocenters. The summed E-state index contributed by atoms with van der Waals surface area (Å²) in [6.45, 7) is 10.7. The van der Waals surface area contributed by atoms with Crippen LogP contribution in [-0.4, -0.2) is 105 Å². The minimum absolute atomic E-state index is 0. The Bertz CT molecular complexity index is 3040.